The molecule has 0 aromatic rings. The topological polar surface area (TPSA) is 12.0 Å². The first-order chi connectivity index (χ1) is 9.06. The summed E-state index contributed by atoms with van der Waals surface area (Å²) in [7, 11) is 0. The van der Waals surface area contributed by atoms with Gasteiger partial charge in [-0.3, -0.25) is 0 Å². The Bertz CT molecular complexity index is 238. The lowest BCUT2D eigenvalue weighted by Gasteiger charge is -2.23. The van der Waals surface area contributed by atoms with E-state index >= 15 is 0 Å². The maximum atomic E-state index is 3.92. The Balaban J connectivity index is 2.39. The van der Waals surface area contributed by atoms with E-state index in [0.29, 0.717) is 6.04 Å². The molecular formula is C18H37N. The predicted molar refractivity (Wildman–Crippen MR) is 86.4 cm³/mol. The molecule has 1 saturated carbocycles. The molecule has 0 aromatic heterocycles. The minimum atomic E-state index is 0.709. The zero-order chi connectivity index (χ0) is 14.4. The molecular weight excluding hydrogens is 230 g/mol. The molecule has 0 heterocycles. The van der Waals surface area contributed by atoms with Gasteiger partial charge in [-0.25, -0.2) is 0 Å². The number of rotatable bonds is 10. The van der Waals surface area contributed by atoms with E-state index in [4.69, 9.17) is 0 Å². The van der Waals surface area contributed by atoms with E-state index in [-0.39, 0.29) is 0 Å². The number of hydrogen-bond donors (Lipinski definition) is 1. The summed E-state index contributed by atoms with van der Waals surface area (Å²) in [6, 6.07) is 1.45. The zero-order valence-corrected chi connectivity index (χ0v) is 14.2. The Kier molecular flexibility index (Phi) is 7.42. The van der Waals surface area contributed by atoms with Crippen LogP contribution in [0.5, 0.6) is 0 Å². The van der Waals surface area contributed by atoms with Crippen molar-refractivity contribution in [2.24, 2.45) is 23.7 Å². The van der Waals surface area contributed by atoms with Crippen LogP contribution < -0.4 is 5.32 Å². The highest BCUT2D eigenvalue weighted by molar-refractivity contribution is 5.02. The molecule has 6 atom stereocenters. The van der Waals surface area contributed by atoms with Crippen molar-refractivity contribution in [2.45, 2.75) is 92.2 Å². The van der Waals surface area contributed by atoms with Gasteiger partial charge in [-0.2, -0.15) is 0 Å². The molecule has 0 spiro atoms. The van der Waals surface area contributed by atoms with Crippen molar-refractivity contribution in [3.05, 3.63) is 0 Å². The number of hydrogen-bond acceptors (Lipinski definition) is 1. The second-order valence-corrected chi connectivity index (χ2v) is 6.98. The van der Waals surface area contributed by atoms with Crippen LogP contribution in [0, 0.1) is 23.7 Å². The van der Waals surface area contributed by atoms with E-state index < -0.39 is 0 Å². The van der Waals surface area contributed by atoms with Crippen LogP contribution in [0.4, 0.5) is 0 Å². The van der Waals surface area contributed by atoms with Gasteiger partial charge in [0.15, 0.2) is 0 Å². The molecule has 0 aliphatic heterocycles. The molecule has 0 bridgehead atoms. The maximum Gasteiger partial charge on any atom is 0.00750 e. The summed E-state index contributed by atoms with van der Waals surface area (Å²) >= 11 is 0. The molecule has 1 heteroatoms. The average Bonchev–Trinajstić information content (AvgIpc) is 3.06. The Labute approximate surface area is 121 Å². The highest BCUT2D eigenvalue weighted by atomic mass is 15.0. The van der Waals surface area contributed by atoms with Gasteiger partial charge < -0.3 is 5.32 Å². The second kappa shape index (κ2) is 8.29. The molecule has 1 aliphatic carbocycles. The van der Waals surface area contributed by atoms with Crippen molar-refractivity contribution >= 4 is 0 Å². The van der Waals surface area contributed by atoms with E-state index in [9.17, 15) is 0 Å². The lowest BCUT2D eigenvalue weighted by atomic mass is 9.96. The molecule has 1 N–H and O–H groups in total. The first-order valence-electron chi connectivity index (χ1n) is 8.82. The third-order valence-corrected chi connectivity index (χ3v) is 5.39. The highest BCUT2D eigenvalue weighted by Crippen LogP contribution is 2.53. The quantitative estimate of drug-likeness (QED) is 0.570. The molecule has 0 aromatic carbocycles. The van der Waals surface area contributed by atoms with Gasteiger partial charge in [-0.1, -0.05) is 60.3 Å². The van der Waals surface area contributed by atoms with Gasteiger partial charge in [0.05, 0.1) is 0 Å². The molecule has 0 saturated heterocycles. The highest BCUT2D eigenvalue weighted by Gasteiger charge is 2.51. The van der Waals surface area contributed by atoms with E-state index in [1.165, 1.54) is 38.5 Å². The van der Waals surface area contributed by atoms with Crippen LogP contribution in [-0.2, 0) is 0 Å². The molecule has 6 unspecified atom stereocenters. The van der Waals surface area contributed by atoms with E-state index in [1.807, 2.05) is 0 Å². The summed E-state index contributed by atoms with van der Waals surface area (Å²) in [6.45, 7) is 14.3. The minimum Gasteiger partial charge on any atom is -0.311 e. The summed E-state index contributed by atoms with van der Waals surface area (Å²) < 4.78 is 0. The first-order valence-corrected chi connectivity index (χ1v) is 8.82. The fraction of sp³-hybridized carbons (Fsp3) is 1.00. The van der Waals surface area contributed by atoms with Crippen LogP contribution in [0.25, 0.3) is 0 Å². The molecule has 1 nitrogen and oxygen atoms in total. The van der Waals surface area contributed by atoms with Gasteiger partial charge in [-0.15, -0.1) is 0 Å². The molecule has 1 aliphatic rings. The monoisotopic (exact) mass is 267 g/mol. The van der Waals surface area contributed by atoms with Crippen LogP contribution >= 0.6 is 0 Å². The van der Waals surface area contributed by atoms with Crippen molar-refractivity contribution in [1.29, 1.82) is 0 Å². The van der Waals surface area contributed by atoms with Crippen LogP contribution in [0.15, 0.2) is 0 Å². The fourth-order valence-corrected chi connectivity index (χ4v) is 4.20. The lowest BCUT2D eigenvalue weighted by Crippen LogP contribution is -2.38. The van der Waals surface area contributed by atoms with E-state index in [0.717, 1.165) is 29.7 Å². The van der Waals surface area contributed by atoms with E-state index in [2.05, 4.69) is 46.9 Å². The first kappa shape index (κ1) is 17.0. The summed E-state index contributed by atoms with van der Waals surface area (Å²) in [6.07, 6.45) is 8.07. The van der Waals surface area contributed by atoms with Crippen molar-refractivity contribution in [3.8, 4) is 0 Å². The van der Waals surface area contributed by atoms with Gasteiger partial charge in [0.25, 0.3) is 0 Å². The van der Waals surface area contributed by atoms with Crippen molar-refractivity contribution in [2.75, 3.05) is 0 Å². The van der Waals surface area contributed by atoms with Gasteiger partial charge in [-0.05, 0) is 43.4 Å². The SMILES string of the molecule is CCCCC(CC)NC(C)C1C(C)C1C(C)CCC. The molecule has 0 radical (unpaired) electrons. The summed E-state index contributed by atoms with van der Waals surface area (Å²) in [5.74, 6) is 3.76. The summed E-state index contributed by atoms with van der Waals surface area (Å²) in [5.41, 5.74) is 0. The van der Waals surface area contributed by atoms with Gasteiger partial charge in [0, 0.05) is 12.1 Å². The smallest absolute Gasteiger partial charge is 0.00750 e. The Morgan fingerprint density at radius 1 is 0.947 bits per heavy atom. The van der Waals surface area contributed by atoms with Crippen LogP contribution in [0.2, 0.25) is 0 Å². The third kappa shape index (κ3) is 4.77. The van der Waals surface area contributed by atoms with Crippen LogP contribution in [0.3, 0.4) is 0 Å². The average molecular weight is 268 g/mol. The van der Waals surface area contributed by atoms with Gasteiger partial charge >= 0.3 is 0 Å². The molecule has 0 amide bonds. The minimum absolute atomic E-state index is 0.709. The van der Waals surface area contributed by atoms with Gasteiger partial charge in [0.2, 0.25) is 0 Å². The largest absolute Gasteiger partial charge is 0.311 e. The van der Waals surface area contributed by atoms with Crippen molar-refractivity contribution in [3.63, 3.8) is 0 Å². The standard InChI is InChI=1S/C18H37N/c1-7-10-12-16(9-3)19-15(6)18-14(5)17(18)13(4)11-8-2/h13-19H,7-12H2,1-6H3. The molecule has 19 heavy (non-hydrogen) atoms. The Hall–Kier alpha value is -0.0400. The van der Waals surface area contributed by atoms with E-state index in [1.54, 1.807) is 0 Å². The second-order valence-electron chi connectivity index (χ2n) is 6.98. The maximum absolute atomic E-state index is 3.92. The summed E-state index contributed by atoms with van der Waals surface area (Å²) in [4.78, 5) is 0. The number of unbranched alkanes of at least 4 members (excludes halogenated alkanes) is 1. The van der Waals surface area contributed by atoms with Crippen molar-refractivity contribution < 1.29 is 0 Å². The van der Waals surface area contributed by atoms with Gasteiger partial charge in [0.1, 0.15) is 0 Å². The predicted octanol–water partition coefficient (Wildman–Crippen LogP) is 5.25. The summed E-state index contributed by atoms with van der Waals surface area (Å²) in [5, 5.41) is 3.92. The third-order valence-electron chi connectivity index (χ3n) is 5.39. The fourth-order valence-electron chi connectivity index (χ4n) is 4.20. The Morgan fingerprint density at radius 3 is 2.16 bits per heavy atom. The van der Waals surface area contributed by atoms with Crippen LogP contribution in [0.1, 0.15) is 80.1 Å². The van der Waals surface area contributed by atoms with Crippen molar-refractivity contribution in [1.82, 2.24) is 5.32 Å². The molecule has 114 valence electrons. The Morgan fingerprint density at radius 2 is 1.63 bits per heavy atom. The molecule has 1 rings (SSSR count). The lowest BCUT2D eigenvalue weighted by molar-refractivity contribution is 0.346. The normalized spacial score (nSPS) is 30.9. The molecule has 1 fully saturated rings. The van der Waals surface area contributed by atoms with Crippen LogP contribution in [-0.4, -0.2) is 12.1 Å². The number of nitrogens with one attached hydrogen (secondary N) is 1. The zero-order valence-electron chi connectivity index (χ0n) is 14.2.